The second-order valence-corrected chi connectivity index (χ2v) is 3.92. The summed E-state index contributed by atoms with van der Waals surface area (Å²) in [6.07, 6.45) is 1.75. The van der Waals surface area contributed by atoms with Crippen LogP contribution >= 0.6 is 0 Å². The molecule has 0 aromatic heterocycles. The molecule has 3 rings (SSSR count). The maximum absolute atomic E-state index is 3.36. The zero-order chi connectivity index (χ0) is 12.1. The van der Waals surface area contributed by atoms with E-state index in [-0.39, 0.29) is 0 Å². The normalized spacial score (nSPS) is 9.71. The first kappa shape index (κ1) is 11.4. The van der Waals surface area contributed by atoms with Crippen LogP contribution in [0.1, 0.15) is 6.92 Å². The molecule has 0 aliphatic heterocycles. The van der Waals surface area contributed by atoms with Gasteiger partial charge in [0.1, 0.15) is 0 Å². The summed E-state index contributed by atoms with van der Waals surface area (Å²) in [5.74, 6) is 0. The first-order chi connectivity index (χ1) is 8.36. The average Bonchev–Trinajstić information content (AvgIpc) is 2.40. The van der Waals surface area contributed by atoms with Gasteiger partial charge in [0.05, 0.1) is 0 Å². The van der Waals surface area contributed by atoms with Crippen LogP contribution in [-0.2, 0) is 0 Å². The zero-order valence-electron chi connectivity index (χ0n) is 10.1. The first-order valence-electron chi connectivity index (χ1n) is 5.80. The van der Waals surface area contributed by atoms with Gasteiger partial charge in [-0.3, -0.25) is 0 Å². The topological polar surface area (TPSA) is 0 Å². The minimum absolute atomic E-state index is 1.31. The molecular weight excluding hydrogens is 204 g/mol. The number of allylic oxidation sites excluding steroid dienone is 1. The van der Waals surface area contributed by atoms with E-state index in [1.54, 1.807) is 6.08 Å². The molecule has 0 nitrogen and oxygen atoms in total. The fourth-order valence-electron chi connectivity index (χ4n) is 1.95. The van der Waals surface area contributed by atoms with E-state index in [9.17, 15) is 0 Å². The van der Waals surface area contributed by atoms with E-state index in [1.165, 1.54) is 21.5 Å². The van der Waals surface area contributed by atoms with Crippen molar-refractivity contribution in [3.63, 3.8) is 0 Å². The molecule has 0 spiro atoms. The molecule has 0 bridgehead atoms. The SMILES string of the molecule is C=CC.c1ccc2c(c1)ccc1ccccc12. The average molecular weight is 220 g/mol. The van der Waals surface area contributed by atoms with Crippen LogP contribution in [0.25, 0.3) is 21.5 Å². The van der Waals surface area contributed by atoms with E-state index in [1.807, 2.05) is 6.92 Å². The Labute approximate surface area is 102 Å². The Morgan fingerprint density at radius 2 is 1.06 bits per heavy atom. The molecule has 0 heterocycles. The summed E-state index contributed by atoms with van der Waals surface area (Å²) < 4.78 is 0. The van der Waals surface area contributed by atoms with Crippen molar-refractivity contribution in [2.75, 3.05) is 0 Å². The molecule has 0 fully saturated rings. The monoisotopic (exact) mass is 220 g/mol. The van der Waals surface area contributed by atoms with Gasteiger partial charge in [-0.15, -0.1) is 6.58 Å². The van der Waals surface area contributed by atoms with Crippen LogP contribution in [0.2, 0.25) is 0 Å². The Bertz CT molecular complexity index is 581. The van der Waals surface area contributed by atoms with E-state index >= 15 is 0 Å². The van der Waals surface area contributed by atoms with Crippen LogP contribution in [0.4, 0.5) is 0 Å². The second kappa shape index (κ2) is 5.31. The molecule has 84 valence electrons. The Kier molecular flexibility index (Phi) is 3.56. The van der Waals surface area contributed by atoms with Crippen molar-refractivity contribution >= 4 is 21.5 Å². The molecule has 0 saturated carbocycles. The molecule has 0 unspecified atom stereocenters. The van der Waals surface area contributed by atoms with Gasteiger partial charge in [0.25, 0.3) is 0 Å². The smallest absolute Gasteiger partial charge is 0.0105 e. The van der Waals surface area contributed by atoms with Gasteiger partial charge in [0.2, 0.25) is 0 Å². The summed E-state index contributed by atoms with van der Waals surface area (Å²) >= 11 is 0. The van der Waals surface area contributed by atoms with Crippen molar-refractivity contribution in [3.05, 3.63) is 73.3 Å². The number of fused-ring (bicyclic) bond motifs is 3. The molecule has 17 heavy (non-hydrogen) atoms. The van der Waals surface area contributed by atoms with Gasteiger partial charge in [0, 0.05) is 0 Å². The van der Waals surface area contributed by atoms with Gasteiger partial charge in [-0.05, 0) is 28.5 Å². The van der Waals surface area contributed by atoms with Crippen molar-refractivity contribution in [2.24, 2.45) is 0 Å². The van der Waals surface area contributed by atoms with Crippen molar-refractivity contribution < 1.29 is 0 Å². The molecule has 0 radical (unpaired) electrons. The van der Waals surface area contributed by atoms with Crippen LogP contribution in [0, 0.1) is 0 Å². The molecule has 0 heteroatoms. The summed E-state index contributed by atoms with van der Waals surface area (Å²) in [5.41, 5.74) is 0. The fraction of sp³-hybridized carbons (Fsp3) is 0.0588. The standard InChI is InChI=1S/C14H10.C3H6/c1-3-7-13-11(5-1)9-10-12-6-2-4-8-14(12)13;1-3-2/h1-10H;3H,1H2,2H3. The highest BCUT2D eigenvalue weighted by Crippen LogP contribution is 2.24. The number of rotatable bonds is 0. The molecule has 3 aromatic rings. The highest BCUT2D eigenvalue weighted by Gasteiger charge is 1.97. The Hall–Kier alpha value is -2.08. The summed E-state index contributed by atoms with van der Waals surface area (Å²) in [6.45, 7) is 5.25. The zero-order valence-corrected chi connectivity index (χ0v) is 10.1. The van der Waals surface area contributed by atoms with Gasteiger partial charge in [0.15, 0.2) is 0 Å². The van der Waals surface area contributed by atoms with E-state index in [0.29, 0.717) is 0 Å². The van der Waals surface area contributed by atoms with Gasteiger partial charge < -0.3 is 0 Å². The minimum atomic E-state index is 1.31. The minimum Gasteiger partial charge on any atom is -0.103 e. The van der Waals surface area contributed by atoms with Crippen molar-refractivity contribution in [1.82, 2.24) is 0 Å². The highest BCUT2D eigenvalue weighted by atomic mass is 14.0. The van der Waals surface area contributed by atoms with Gasteiger partial charge >= 0.3 is 0 Å². The summed E-state index contributed by atoms with van der Waals surface area (Å²) in [4.78, 5) is 0. The molecule has 3 aromatic carbocycles. The molecule has 0 aliphatic rings. The summed E-state index contributed by atoms with van der Waals surface area (Å²) in [7, 11) is 0. The van der Waals surface area contributed by atoms with Crippen molar-refractivity contribution in [3.8, 4) is 0 Å². The van der Waals surface area contributed by atoms with Crippen LogP contribution in [0.5, 0.6) is 0 Å². The third-order valence-corrected chi connectivity index (χ3v) is 2.65. The lowest BCUT2D eigenvalue weighted by Crippen LogP contribution is -1.75. The lowest BCUT2D eigenvalue weighted by atomic mass is 10.0. The summed E-state index contributed by atoms with van der Waals surface area (Å²) in [6, 6.07) is 21.4. The quantitative estimate of drug-likeness (QED) is 0.361. The number of benzene rings is 3. The molecule has 0 atom stereocenters. The van der Waals surface area contributed by atoms with Crippen LogP contribution in [0.15, 0.2) is 73.3 Å². The van der Waals surface area contributed by atoms with Crippen molar-refractivity contribution in [1.29, 1.82) is 0 Å². The second-order valence-electron chi connectivity index (χ2n) is 3.92. The Morgan fingerprint density at radius 3 is 1.47 bits per heavy atom. The maximum atomic E-state index is 3.36. The largest absolute Gasteiger partial charge is 0.103 e. The Balaban J connectivity index is 0.000000329. The summed E-state index contributed by atoms with van der Waals surface area (Å²) in [5, 5.41) is 5.30. The van der Waals surface area contributed by atoms with Crippen molar-refractivity contribution in [2.45, 2.75) is 6.92 Å². The molecular formula is C17H16. The molecule has 0 amide bonds. The predicted molar refractivity (Wildman–Crippen MR) is 77.3 cm³/mol. The van der Waals surface area contributed by atoms with E-state index in [2.05, 4.69) is 67.2 Å². The van der Waals surface area contributed by atoms with Gasteiger partial charge in [-0.25, -0.2) is 0 Å². The van der Waals surface area contributed by atoms with Gasteiger partial charge in [-0.1, -0.05) is 66.7 Å². The highest BCUT2D eigenvalue weighted by molar-refractivity contribution is 6.07. The van der Waals surface area contributed by atoms with E-state index < -0.39 is 0 Å². The third kappa shape index (κ3) is 2.36. The molecule has 0 N–H and O–H groups in total. The van der Waals surface area contributed by atoms with E-state index in [4.69, 9.17) is 0 Å². The van der Waals surface area contributed by atoms with Gasteiger partial charge in [-0.2, -0.15) is 0 Å². The molecule has 0 aliphatic carbocycles. The number of hydrogen-bond acceptors (Lipinski definition) is 0. The van der Waals surface area contributed by atoms with E-state index in [0.717, 1.165) is 0 Å². The third-order valence-electron chi connectivity index (χ3n) is 2.65. The van der Waals surface area contributed by atoms with Crippen LogP contribution in [0.3, 0.4) is 0 Å². The molecule has 0 saturated heterocycles. The maximum Gasteiger partial charge on any atom is -0.0105 e. The Morgan fingerprint density at radius 1 is 0.706 bits per heavy atom. The van der Waals surface area contributed by atoms with Crippen LogP contribution in [-0.4, -0.2) is 0 Å². The number of hydrogen-bond donors (Lipinski definition) is 0. The first-order valence-corrected chi connectivity index (χ1v) is 5.80. The van der Waals surface area contributed by atoms with Crippen LogP contribution < -0.4 is 0 Å². The fourth-order valence-corrected chi connectivity index (χ4v) is 1.95. The lowest BCUT2D eigenvalue weighted by molar-refractivity contribution is 1.76. The predicted octanol–water partition coefficient (Wildman–Crippen LogP) is 5.19. The lowest BCUT2D eigenvalue weighted by Gasteiger charge is -2.02.